The van der Waals surface area contributed by atoms with Crippen molar-refractivity contribution < 1.29 is 4.79 Å². The first kappa shape index (κ1) is 11.6. The molecule has 18 heavy (non-hydrogen) atoms. The van der Waals surface area contributed by atoms with Gasteiger partial charge in [-0.1, -0.05) is 0 Å². The second-order valence-corrected chi connectivity index (χ2v) is 5.43. The number of hydrogen-bond acceptors (Lipinski definition) is 4. The molecular formula is C12H19N5O. The predicted molar refractivity (Wildman–Crippen MR) is 66.0 cm³/mol. The van der Waals surface area contributed by atoms with Crippen molar-refractivity contribution in [3.05, 3.63) is 12.2 Å². The van der Waals surface area contributed by atoms with Crippen molar-refractivity contribution in [2.45, 2.75) is 37.8 Å². The molecule has 0 radical (unpaired) electrons. The maximum absolute atomic E-state index is 11.7. The van der Waals surface area contributed by atoms with Crippen molar-refractivity contribution in [2.75, 3.05) is 13.6 Å². The molecule has 2 N–H and O–H groups in total. The molecule has 2 aliphatic rings. The number of hydrogen-bond donors (Lipinski definition) is 2. The van der Waals surface area contributed by atoms with E-state index in [1.165, 1.54) is 32.0 Å². The van der Waals surface area contributed by atoms with Crippen molar-refractivity contribution in [3.63, 3.8) is 0 Å². The van der Waals surface area contributed by atoms with Crippen molar-refractivity contribution in [2.24, 2.45) is 5.92 Å². The second-order valence-electron chi connectivity index (χ2n) is 5.43. The molecule has 6 heteroatoms. The molecule has 1 aromatic rings. The summed E-state index contributed by atoms with van der Waals surface area (Å²) < 4.78 is 0. The Hall–Kier alpha value is -1.43. The zero-order chi connectivity index (χ0) is 12.5. The van der Waals surface area contributed by atoms with Gasteiger partial charge >= 0.3 is 0 Å². The summed E-state index contributed by atoms with van der Waals surface area (Å²) in [6.07, 6.45) is 6.37. The third kappa shape index (κ3) is 2.12. The summed E-state index contributed by atoms with van der Waals surface area (Å²) >= 11 is 0. The maximum atomic E-state index is 11.7. The molecule has 2 fully saturated rings. The summed E-state index contributed by atoms with van der Waals surface area (Å²) in [5.41, 5.74) is 0. The highest BCUT2D eigenvalue weighted by Crippen LogP contribution is 2.36. The van der Waals surface area contributed by atoms with Gasteiger partial charge in [-0.15, -0.1) is 0 Å². The van der Waals surface area contributed by atoms with E-state index in [-0.39, 0.29) is 5.91 Å². The van der Waals surface area contributed by atoms with Crippen LogP contribution in [0.25, 0.3) is 0 Å². The van der Waals surface area contributed by atoms with Gasteiger partial charge in [0.1, 0.15) is 6.33 Å². The first-order valence-corrected chi connectivity index (χ1v) is 6.59. The monoisotopic (exact) mass is 249 g/mol. The van der Waals surface area contributed by atoms with Crippen LogP contribution < -0.4 is 5.32 Å². The van der Waals surface area contributed by atoms with Gasteiger partial charge < -0.3 is 10.2 Å². The Morgan fingerprint density at radius 2 is 2.22 bits per heavy atom. The minimum absolute atomic E-state index is 0.154. The molecule has 0 spiro atoms. The number of fused-ring (bicyclic) bond motifs is 2. The van der Waals surface area contributed by atoms with Crippen LogP contribution in [0.15, 0.2) is 6.33 Å². The number of nitrogens with zero attached hydrogens (tertiary/aromatic N) is 3. The lowest BCUT2D eigenvalue weighted by Crippen LogP contribution is -2.43. The molecule has 1 aromatic heterocycles. The summed E-state index contributed by atoms with van der Waals surface area (Å²) in [7, 11) is 2.23. The van der Waals surface area contributed by atoms with Crippen LogP contribution in [0.4, 0.5) is 0 Å². The quantitative estimate of drug-likeness (QED) is 0.813. The van der Waals surface area contributed by atoms with E-state index in [0.29, 0.717) is 11.7 Å². The fraction of sp³-hybridized carbons (Fsp3) is 0.750. The van der Waals surface area contributed by atoms with Crippen LogP contribution in [0.5, 0.6) is 0 Å². The number of carbonyl (C=O) groups is 1. The minimum atomic E-state index is -0.154. The van der Waals surface area contributed by atoms with Gasteiger partial charge in [-0.25, -0.2) is 4.98 Å². The van der Waals surface area contributed by atoms with E-state index in [9.17, 15) is 4.79 Å². The first-order chi connectivity index (χ1) is 8.74. The number of carbonyl (C=O) groups excluding carboxylic acids is 1. The number of aromatic amines is 1. The van der Waals surface area contributed by atoms with Crippen molar-refractivity contribution in [1.82, 2.24) is 25.4 Å². The number of H-pyrrole nitrogens is 1. The Morgan fingerprint density at radius 1 is 1.50 bits per heavy atom. The van der Waals surface area contributed by atoms with Crippen LogP contribution in [0.2, 0.25) is 0 Å². The lowest BCUT2D eigenvalue weighted by molar-refractivity contribution is 0.0908. The van der Waals surface area contributed by atoms with Gasteiger partial charge in [0, 0.05) is 18.6 Å². The number of piperidine rings is 1. The lowest BCUT2D eigenvalue weighted by Gasteiger charge is -2.36. The molecule has 2 aliphatic heterocycles. The third-order valence-electron chi connectivity index (χ3n) is 4.38. The molecule has 2 saturated heterocycles. The fourth-order valence-electron chi connectivity index (χ4n) is 3.33. The SMILES string of the molecule is CN1C2CCC1CC(CNC(=O)c1ncn[nH]1)C2. The third-order valence-corrected chi connectivity index (χ3v) is 4.38. The Morgan fingerprint density at radius 3 is 2.83 bits per heavy atom. The van der Waals surface area contributed by atoms with Crippen molar-refractivity contribution >= 4 is 5.91 Å². The largest absolute Gasteiger partial charge is 0.349 e. The van der Waals surface area contributed by atoms with Crippen LogP contribution in [0, 0.1) is 5.92 Å². The van der Waals surface area contributed by atoms with Crippen LogP contribution in [-0.4, -0.2) is 51.7 Å². The molecule has 2 bridgehead atoms. The molecule has 2 unspecified atom stereocenters. The Balaban J connectivity index is 1.51. The van der Waals surface area contributed by atoms with Gasteiger partial charge in [0.05, 0.1) is 0 Å². The van der Waals surface area contributed by atoms with E-state index in [4.69, 9.17) is 0 Å². The number of aromatic nitrogens is 3. The molecule has 3 heterocycles. The normalized spacial score (nSPS) is 31.5. The highest BCUT2D eigenvalue weighted by molar-refractivity contribution is 5.90. The predicted octanol–water partition coefficient (Wildman–Crippen LogP) is 0.407. The highest BCUT2D eigenvalue weighted by Gasteiger charge is 2.38. The summed E-state index contributed by atoms with van der Waals surface area (Å²) in [6, 6.07) is 1.44. The topological polar surface area (TPSA) is 73.9 Å². The molecule has 98 valence electrons. The molecular weight excluding hydrogens is 230 g/mol. The van der Waals surface area contributed by atoms with E-state index >= 15 is 0 Å². The summed E-state index contributed by atoms with van der Waals surface area (Å²) in [6.45, 7) is 0.750. The zero-order valence-corrected chi connectivity index (χ0v) is 10.6. The van der Waals surface area contributed by atoms with Crippen molar-refractivity contribution in [3.8, 4) is 0 Å². The minimum Gasteiger partial charge on any atom is -0.349 e. The lowest BCUT2D eigenvalue weighted by atomic mass is 9.91. The van der Waals surface area contributed by atoms with Crippen LogP contribution in [0.1, 0.15) is 36.3 Å². The summed E-state index contributed by atoms with van der Waals surface area (Å²) in [5, 5.41) is 9.21. The Labute approximate surface area is 106 Å². The summed E-state index contributed by atoms with van der Waals surface area (Å²) in [4.78, 5) is 18.1. The zero-order valence-electron chi connectivity index (χ0n) is 10.6. The van der Waals surface area contributed by atoms with Gasteiger partial charge in [-0.05, 0) is 38.6 Å². The average molecular weight is 249 g/mol. The van der Waals surface area contributed by atoms with Crippen LogP contribution >= 0.6 is 0 Å². The summed E-state index contributed by atoms with van der Waals surface area (Å²) in [5.74, 6) is 0.746. The van der Waals surface area contributed by atoms with Gasteiger partial charge in [0.25, 0.3) is 5.91 Å². The average Bonchev–Trinajstić information content (AvgIpc) is 2.94. The molecule has 1 amide bonds. The van der Waals surface area contributed by atoms with E-state index in [1.54, 1.807) is 0 Å². The van der Waals surface area contributed by atoms with Gasteiger partial charge in [0.15, 0.2) is 0 Å². The number of nitrogens with one attached hydrogen (secondary N) is 2. The van der Waals surface area contributed by atoms with Crippen molar-refractivity contribution in [1.29, 1.82) is 0 Å². The van der Waals surface area contributed by atoms with Gasteiger partial charge in [-0.3, -0.25) is 9.89 Å². The standard InChI is InChI=1S/C12H19N5O/c1-17-9-2-3-10(17)5-8(4-9)6-13-12(18)11-14-7-15-16-11/h7-10H,2-6H2,1H3,(H,13,18)(H,14,15,16). The molecule has 0 aliphatic carbocycles. The Kier molecular flexibility index (Phi) is 3.03. The van der Waals surface area contributed by atoms with E-state index in [1.807, 2.05) is 0 Å². The first-order valence-electron chi connectivity index (χ1n) is 6.59. The molecule has 2 atom stereocenters. The smallest absolute Gasteiger partial charge is 0.288 e. The number of amides is 1. The van der Waals surface area contributed by atoms with Crippen LogP contribution in [0.3, 0.4) is 0 Å². The van der Waals surface area contributed by atoms with E-state index in [0.717, 1.165) is 18.6 Å². The van der Waals surface area contributed by atoms with E-state index < -0.39 is 0 Å². The van der Waals surface area contributed by atoms with E-state index in [2.05, 4.69) is 32.4 Å². The molecule has 3 rings (SSSR count). The molecule has 0 saturated carbocycles. The highest BCUT2D eigenvalue weighted by atomic mass is 16.2. The molecule has 0 aromatic carbocycles. The van der Waals surface area contributed by atoms with Gasteiger partial charge in [0.2, 0.25) is 5.82 Å². The van der Waals surface area contributed by atoms with Crippen LogP contribution in [-0.2, 0) is 0 Å². The fourth-order valence-corrected chi connectivity index (χ4v) is 3.33. The second kappa shape index (κ2) is 4.68. The maximum Gasteiger partial charge on any atom is 0.288 e. The Bertz CT molecular complexity index is 404. The number of rotatable bonds is 3. The molecule has 6 nitrogen and oxygen atoms in total. The van der Waals surface area contributed by atoms with Gasteiger partial charge in [-0.2, -0.15) is 5.10 Å².